The van der Waals surface area contributed by atoms with Crippen molar-refractivity contribution in [2.45, 2.75) is 72.4 Å². The van der Waals surface area contributed by atoms with Gasteiger partial charge in [0.25, 0.3) is 0 Å². The molecule has 1 aromatic rings. The molecule has 3 nitrogen and oxygen atoms in total. The quantitative estimate of drug-likeness (QED) is 0.799. The topological polar surface area (TPSA) is 38.0 Å². The summed E-state index contributed by atoms with van der Waals surface area (Å²) in [7, 11) is 0. The first-order valence-electron chi connectivity index (χ1n) is 8.17. The number of hydrogen-bond donors (Lipinski definition) is 1. The summed E-state index contributed by atoms with van der Waals surface area (Å²) in [5, 5.41) is 12.2. The van der Waals surface area contributed by atoms with Crippen LogP contribution in [0.4, 0.5) is 0 Å². The molecule has 0 aliphatic carbocycles. The van der Waals surface area contributed by atoms with E-state index in [0.29, 0.717) is 6.42 Å². The molecule has 1 unspecified atom stereocenters. The molecule has 0 spiro atoms. The van der Waals surface area contributed by atoms with Gasteiger partial charge in [-0.15, -0.1) is 0 Å². The lowest BCUT2D eigenvalue weighted by molar-refractivity contribution is 0.227. The van der Waals surface area contributed by atoms with Crippen LogP contribution in [0.25, 0.3) is 12.2 Å². The molecule has 1 N–H and O–H groups in total. The molecule has 0 fully saturated rings. The van der Waals surface area contributed by atoms with E-state index in [4.69, 9.17) is 0 Å². The Labute approximate surface area is 128 Å². The zero-order chi connectivity index (χ0) is 15.8. The van der Waals surface area contributed by atoms with Crippen LogP contribution in [0, 0.1) is 6.92 Å². The molecule has 0 aliphatic rings. The molecule has 1 rings (SSSR count). The number of unbranched alkanes of at least 4 members (excludes halogenated alkanes) is 2. The highest BCUT2D eigenvalue weighted by atomic mass is 16.3. The summed E-state index contributed by atoms with van der Waals surface area (Å²) in [4.78, 5) is 4.52. The van der Waals surface area contributed by atoms with Crippen LogP contribution >= 0.6 is 0 Å². The first-order valence-corrected chi connectivity index (χ1v) is 8.17. The van der Waals surface area contributed by atoms with E-state index in [0.717, 1.165) is 54.3 Å². The standard InChI is InChI=1S/C18H30N2O/c1-6-9-11-12-16(17(21)8-3)18-14(4)19-15(5)20(18)13-10-7-2/h11-12,17,21H,4,6-10,13H2,1-3,5H3/b12-11-,18-16-. The number of aryl methyl sites for hydroxylation is 1. The molecule has 0 saturated heterocycles. The second kappa shape index (κ2) is 8.83. The Morgan fingerprint density at radius 3 is 2.62 bits per heavy atom. The van der Waals surface area contributed by atoms with Crippen LogP contribution in [-0.4, -0.2) is 20.8 Å². The molecule has 0 bridgehead atoms. The smallest absolute Gasteiger partial charge is 0.106 e. The minimum Gasteiger partial charge on any atom is -0.388 e. The molecule has 1 heterocycles. The predicted molar refractivity (Wildman–Crippen MR) is 90.4 cm³/mol. The number of allylic oxidation sites excluding steroid dienone is 1. The number of hydrogen-bond acceptors (Lipinski definition) is 2. The van der Waals surface area contributed by atoms with Gasteiger partial charge in [-0.3, -0.25) is 0 Å². The number of aromatic nitrogens is 2. The molecule has 1 aromatic heterocycles. The highest BCUT2D eigenvalue weighted by Crippen LogP contribution is 2.09. The van der Waals surface area contributed by atoms with E-state index < -0.39 is 6.10 Å². The Morgan fingerprint density at radius 1 is 1.33 bits per heavy atom. The normalized spacial score (nSPS) is 14.7. The molecule has 0 radical (unpaired) electrons. The second-order valence-electron chi connectivity index (χ2n) is 5.53. The van der Waals surface area contributed by atoms with Crippen molar-refractivity contribution < 1.29 is 5.11 Å². The van der Waals surface area contributed by atoms with Crippen molar-refractivity contribution in [2.24, 2.45) is 0 Å². The molecular weight excluding hydrogens is 260 g/mol. The lowest BCUT2D eigenvalue weighted by atomic mass is 10.1. The largest absolute Gasteiger partial charge is 0.388 e. The summed E-state index contributed by atoms with van der Waals surface area (Å²) >= 11 is 0. The van der Waals surface area contributed by atoms with Crippen LogP contribution in [0.2, 0.25) is 0 Å². The number of rotatable bonds is 8. The Kier molecular flexibility index (Phi) is 7.44. The Hall–Kier alpha value is -1.35. The van der Waals surface area contributed by atoms with Crippen molar-refractivity contribution in [3.8, 4) is 0 Å². The summed E-state index contributed by atoms with van der Waals surface area (Å²) in [6, 6.07) is 0. The maximum Gasteiger partial charge on any atom is 0.106 e. The van der Waals surface area contributed by atoms with Gasteiger partial charge in [0, 0.05) is 12.1 Å². The monoisotopic (exact) mass is 290 g/mol. The molecule has 0 saturated carbocycles. The van der Waals surface area contributed by atoms with Crippen molar-refractivity contribution in [1.29, 1.82) is 0 Å². The van der Waals surface area contributed by atoms with Crippen LogP contribution in [0.1, 0.15) is 58.7 Å². The van der Waals surface area contributed by atoms with Gasteiger partial charge in [0.2, 0.25) is 0 Å². The number of imidazole rings is 1. The molecule has 1 atom stereocenters. The van der Waals surface area contributed by atoms with Crippen molar-refractivity contribution in [3.05, 3.63) is 28.7 Å². The predicted octanol–water partition coefficient (Wildman–Crippen LogP) is 2.68. The molecule has 118 valence electrons. The summed E-state index contributed by atoms with van der Waals surface area (Å²) in [5.41, 5.74) is 0.952. The molecular formula is C18H30N2O. The first kappa shape index (κ1) is 17.7. The van der Waals surface area contributed by atoms with E-state index in [1.165, 1.54) is 0 Å². The third kappa shape index (κ3) is 4.57. The summed E-state index contributed by atoms with van der Waals surface area (Å²) in [5.74, 6) is 0.980. The van der Waals surface area contributed by atoms with Crippen molar-refractivity contribution in [1.82, 2.24) is 9.55 Å². The lowest BCUT2D eigenvalue weighted by Crippen LogP contribution is -2.34. The van der Waals surface area contributed by atoms with Crippen molar-refractivity contribution >= 4 is 12.2 Å². The van der Waals surface area contributed by atoms with Crippen LogP contribution in [-0.2, 0) is 6.54 Å². The maximum atomic E-state index is 10.4. The zero-order valence-electron chi connectivity index (χ0n) is 14.0. The second-order valence-corrected chi connectivity index (χ2v) is 5.53. The fourth-order valence-electron chi connectivity index (χ4n) is 2.48. The average Bonchev–Trinajstić information content (AvgIpc) is 2.75. The summed E-state index contributed by atoms with van der Waals surface area (Å²) < 4.78 is 2.20. The SMILES string of the molecule is C=c1nc(C)n(CCCC)/c1=C(/C=C\CCC)C(O)CC. The van der Waals surface area contributed by atoms with E-state index in [9.17, 15) is 5.11 Å². The summed E-state index contributed by atoms with van der Waals surface area (Å²) in [6.45, 7) is 13.4. The number of aliphatic hydroxyl groups excluding tert-OH is 1. The van der Waals surface area contributed by atoms with Gasteiger partial charge in [0.05, 0.1) is 16.8 Å². The minimum atomic E-state index is -0.463. The van der Waals surface area contributed by atoms with Crippen LogP contribution in [0.3, 0.4) is 0 Å². The van der Waals surface area contributed by atoms with Gasteiger partial charge in [-0.25, -0.2) is 4.98 Å². The van der Waals surface area contributed by atoms with Crippen molar-refractivity contribution in [2.75, 3.05) is 0 Å². The lowest BCUT2D eigenvalue weighted by Gasteiger charge is -2.12. The van der Waals surface area contributed by atoms with Gasteiger partial charge in [-0.1, -0.05) is 52.3 Å². The third-order valence-electron chi connectivity index (χ3n) is 3.74. The minimum absolute atomic E-state index is 0.463. The van der Waals surface area contributed by atoms with Gasteiger partial charge >= 0.3 is 0 Å². The van der Waals surface area contributed by atoms with Crippen molar-refractivity contribution in [3.63, 3.8) is 0 Å². The molecule has 21 heavy (non-hydrogen) atoms. The van der Waals surface area contributed by atoms with Gasteiger partial charge in [-0.2, -0.15) is 0 Å². The fraction of sp³-hybridized carbons (Fsp3) is 0.611. The average molecular weight is 290 g/mol. The van der Waals surface area contributed by atoms with Gasteiger partial charge < -0.3 is 9.67 Å². The Balaban J connectivity index is 3.46. The van der Waals surface area contributed by atoms with E-state index >= 15 is 0 Å². The number of aliphatic hydroxyl groups is 1. The van der Waals surface area contributed by atoms with Gasteiger partial charge in [0.15, 0.2) is 0 Å². The van der Waals surface area contributed by atoms with Gasteiger partial charge in [-0.05, 0) is 26.2 Å². The highest BCUT2D eigenvalue weighted by molar-refractivity contribution is 5.59. The highest BCUT2D eigenvalue weighted by Gasteiger charge is 2.12. The van der Waals surface area contributed by atoms with Gasteiger partial charge in [0.1, 0.15) is 5.82 Å². The zero-order valence-corrected chi connectivity index (χ0v) is 14.0. The van der Waals surface area contributed by atoms with E-state index in [1.807, 2.05) is 13.8 Å². The number of nitrogens with zero attached hydrogens (tertiary/aromatic N) is 2. The van der Waals surface area contributed by atoms with E-state index in [1.54, 1.807) is 0 Å². The Bertz CT molecular complexity index is 569. The maximum absolute atomic E-state index is 10.4. The molecule has 3 heteroatoms. The van der Waals surface area contributed by atoms with Crippen LogP contribution < -0.4 is 10.7 Å². The molecule has 0 aromatic carbocycles. The van der Waals surface area contributed by atoms with E-state index in [2.05, 4.69) is 42.1 Å². The van der Waals surface area contributed by atoms with Crippen LogP contribution in [0.15, 0.2) is 12.2 Å². The first-order chi connectivity index (χ1) is 10.1. The third-order valence-corrected chi connectivity index (χ3v) is 3.74. The van der Waals surface area contributed by atoms with Crippen LogP contribution in [0.5, 0.6) is 0 Å². The summed E-state index contributed by atoms with van der Waals surface area (Å²) in [6.07, 6.45) is 8.81. The fourth-order valence-corrected chi connectivity index (χ4v) is 2.48. The molecule has 0 aliphatic heterocycles. The molecule has 0 amide bonds. The van der Waals surface area contributed by atoms with E-state index in [-0.39, 0.29) is 0 Å². The Morgan fingerprint density at radius 2 is 2.05 bits per heavy atom.